The van der Waals surface area contributed by atoms with Gasteiger partial charge in [0, 0.05) is 6.42 Å². The third kappa shape index (κ3) is 3.05. The van der Waals surface area contributed by atoms with E-state index >= 15 is 0 Å². The van der Waals surface area contributed by atoms with E-state index in [-0.39, 0.29) is 0 Å². The lowest BCUT2D eigenvalue weighted by atomic mass is 10.1. The average Bonchev–Trinajstić information content (AvgIpc) is 2.91. The Labute approximate surface area is 123 Å². The average molecular weight is 277 g/mol. The Bertz CT molecular complexity index is 720. The standard InChI is InChI=1S/C17H15N3O/c21-13-16-17(11-14-7-3-1-4-8-14)20(19-18-16)12-15-9-5-2-6-10-15/h1-10,13H,11-12H2. The zero-order chi connectivity index (χ0) is 14.5. The molecule has 104 valence electrons. The fourth-order valence-corrected chi connectivity index (χ4v) is 2.29. The number of hydrogen-bond acceptors (Lipinski definition) is 3. The molecule has 0 amide bonds. The monoisotopic (exact) mass is 277 g/mol. The van der Waals surface area contributed by atoms with E-state index in [4.69, 9.17) is 0 Å². The third-order valence-corrected chi connectivity index (χ3v) is 3.37. The molecule has 0 fully saturated rings. The maximum Gasteiger partial charge on any atom is 0.172 e. The van der Waals surface area contributed by atoms with Gasteiger partial charge in [-0.1, -0.05) is 65.9 Å². The summed E-state index contributed by atoms with van der Waals surface area (Å²) in [5, 5.41) is 8.09. The highest BCUT2D eigenvalue weighted by Crippen LogP contribution is 2.13. The fourth-order valence-electron chi connectivity index (χ4n) is 2.29. The quantitative estimate of drug-likeness (QED) is 0.674. The molecule has 0 aliphatic rings. The highest BCUT2D eigenvalue weighted by atomic mass is 16.1. The Kier molecular flexibility index (Phi) is 3.87. The molecular formula is C17H15N3O. The molecule has 0 unspecified atom stereocenters. The van der Waals surface area contributed by atoms with Crippen LogP contribution < -0.4 is 0 Å². The van der Waals surface area contributed by atoms with Crippen LogP contribution in [0.4, 0.5) is 0 Å². The van der Waals surface area contributed by atoms with Crippen molar-refractivity contribution in [2.24, 2.45) is 0 Å². The van der Waals surface area contributed by atoms with Gasteiger partial charge >= 0.3 is 0 Å². The number of aldehydes is 1. The van der Waals surface area contributed by atoms with Crippen molar-refractivity contribution in [3.8, 4) is 0 Å². The summed E-state index contributed by atoms with van der Waals surface area (Å²) in [5.41, 5.74) is 3.53. The molecule has 0 saturated heterocycles. The second kappa shape index (κ2) is 6.13. The molecule has 0 bridgehead atoms. The van der Waals surface area contributed by atoms with Crippen molar-refractivity contribution in [1.82, 2.24) is 15.0 Å². The van der Waals surface area contributed by atoms with E-state index in [1.54, 1.807) is 4.68 Å². The summed E-state index contributed by atoms with van der Waals surface area (Å²) in [7, 11) is 0. The van der Waals surface area contributed by atoms with Gasteiger partial charge in [-0.05, 0) is 11.1 Å². The number of benzene rings is 2. The van der Waals surface area contributed by atoms with E-state index in [1.165, 1.54) is 0 Å². The largest absolute Gasteiger partial charge is 0.296 e. The lowest BCUT2D eigenvalue weighted by Gasteiger charge is -2.07. The molecule has 4 heteroatoms. The fraction of sp³-hybridized carbons (Fsp3) is 0.118. The number of carbonyl (C=O) groups excluding carboxylic acids is 1. The lowest BCUT2D eigenvalue weighted by molar-refractivity contribution is 0.111. The molecule has 0 radical (unpaired) electrons. The number of rotatable bonds is 5. The summed E-state index contributed by atoms with van der Waals surface area (Å²) in [6.45, 7) is 0.615. The van der Waals surface area contributed by atoms with Gasteiger partial charge in [0.15, 0.2) is 6.29 Å². The van der Waals surface area contributed by atoms with Crippen LogP contribution in [0.2, 0.25) is 0 Å². The van der Waals surface area contributed by atoms with Crippen LogP contribution in [0, 0.1) is 0 Å². The number of nitrogens with zero attached hydrogens (tertiary/aromatic N) is 3. The van der Waals surface area contributed by atoms with Crippen molar-refractivity contribution < 1.29 is 4.79 Å². The third-order valence-electron chi connectivity index (χ3n) is 3.37. The normalized spacial score (nSPS) is 10.5. The van der Waals surface area contributed by atoms with Crippen molar-refractivity contribution in [1.29, 1.82) is 0 Å². The van der Waals surface area contributed by atoms with Gasteiger partial charge in [0.05, 0.1) is 12.2 Å². The van der Waals surface area contributed by atoms with E-state index in [0.717, 1.165) is 23.1 Å². The van der Waals surface area contributed by atoms with Crippen molar-refractivity contribution >= 4 is 6.29 Å². The molecule has 3 rings (SSSR count). The Morgan fingerprint density at radius 1 is 0.905 bits per heavy atom. The maximum atomic E-state index is 11.2. The molecule has 0 saturated carbocycles. The van der Waals surface area contributed by atoms with Crippen molar-refractivity contribution in [2.75, 3.05) is 0 Å². The van der Waals surface area contributed by atoms with Crippen LogP contribution in [0.5, 0.6) is 0 Å². The zero-order valence-corrected chi connectivity index (χ0v) is 11.5. The summed E-state index contributed by atoms with van der Waals surface area (Å²) in [6, 6.07) is 20.1. The molecule has 2 aromatic carbocycles. The van der Waals surface area contributed by atoms with Crippen molar-refractivity contribution in [3.05, 3.63) is 83.2 Å². The Morgan fingerprint density at radius 2 is 1.52 bits per heavy atom. The zero-order valence-electron chi connectivity index (χ0n) is 11.5. The summed E-state index contributed by atoms with van der Waals surface area (Å²) < 4.78 is 1.80. The van der Waals surface area contributed by atoms with Crippen LogP contribution in [0.15, 0.2) is 60.7 Å². The second-order valence-corrected chi connectivity index (χ2v) is 4.84. The lowest BCUT2D eigenvalue weighted by Crippen LogP contribution is -2.08. The Morgan fingerprint density at radius 3 is 2.14 bits per heavy atom. The molecule has 0 aliphatic heterocycles. The van der Waals surface area contributed by atoms with Gasteiger partial charge in [0.25, 0.3) is 0 Å². The minimum Gasteiger partial charge on any atom is -0.296 e. The second-order valence-electron chi connectivity index (χ2n) is 4.84. The van der Waals surface area contributed by atoms with E-state index in [0.29, 0.717) is 18.7 Å². The van der Waals surface area contributed by atoms with Gasteiger partial charge < -0.3 is 0 Å². The molecular weight excluding hydrogens is 262 g/mol. The van der Waals surface area contributed by atoms with Crippen LogP contribution in [-0.4, -0.2) is 21.3 Å². The summed E-state index contributed by atoms with van der Waals surface area (Å²) in [6.07, 6.45) is 1.42. The summed E-state index contributed by atoms with van der Waals surface area (Å²) in [5.74, 6) is 0. The highest BCUT2D eigenvalue weighted by molar-refractivity contribution is 5.73. The highest BCUT2D eigenvalue weighted by Gasteiger charge is 2.13. The van der Waals surface area contributed by atoms with Crippen molar-refractivity contribution in [3.63, 3.8) is 0 Å². The van der Waals surface area contributed by atoms with Gasteiger partial charge in [-0.3, -0.25) is 4.79 Å². The van der Waals surface area contributed by atoms with Gasteiger partial charge in [0.2, 0.25) is 0 Å². The number of carbonyl (C=O) groups is 1. The van der Waals surface area contributed by atoms with Crippen LogP contribution >= 0.6 is 0 Å². The van der Waals surface area contributed by atoms with Crippen LogP contribution in [0.25, 0.3) is 0 Å². The predicted molar refractivity (Wildman–Crippen MR) is 80.2 cm³/mol. The first-order valence-corrected chi connectivity index (χ1v) is 6.82. The molecule has 21 heavy (non-hydrogen) atoms. The molecule has 0 atom stereocenters. The smallest absolute Gasteiger partial charge is 0.172 e. The minimum absolute atomic E-state index is 0.412. The minimum atomic E-state index is 0.412. The molecule has 1 heterocycles. The number of aromatic nitrogens is 3. The van der Waals surface area contributed by atoms with E-state index in [1.807, 2.05) is 60.7 Å². The van der Waals surface area contributed by atoms with E-state index < -0.39 is 0 Å². The van der Waals surface area contributed by atoms with E-state index in [2.05, 4.69) is 10.3 Å². The van der Waals surface area contributed by atoms with Gasteiger partial charge in [-0.25, -0.2) is 4.68 Å². The van der Waals surface area contributed by atoms with Crippen LogP contribution in [0.3, 0.4) is 0 Å². The molecule has 1 aromatic heterocycles. The first kappa shape index (κ1) is 13.2. The summed E-state index contributed by atoms with van der Waals surface area (Å²) >= 11 is 0. The molecule has 0 aliphatic carbocycles. The Balaban J connectivity index is 1.91. The molecule has 0 spiro atoms. The first-order chi connectivity index (χ1) is 10.4. The van der Waals surface area contributed by atoms with Crippen LogP contribution in [-0.2, 0) is 13.0 Å². The van der Waals surface area contributed by atoms with E-state index in [9.17, 15) is 4.79 Å². The molecule has 0 N–H and O–H groups in total. The predicted octanol–water partition coefficient (Wildman–Crippen LogP) is 2.73. The van der Waals surface area contributed by atoms with Crippen molar-refractivity contribution in [2.45, 2.75) is 13.0 Å². The first-order valence-electron chi connectivity index (χ1n) is 6.82. The topological polar surface area (TPSA) is 47.8 Å². The van der Waals surface area contributed by atoms with Gasteiger partial charge in [-0.2, -0.15) is 0 Å². The number of hydrogen-bond donors (Lipinski definition) is 0. The molecule has 4 nitrogen and oxygen atoms in total. The van der Waals surface area contributed by atoms with Gasteiger partial charge in [-0.15, -0.1) is 5.10 Å². The van der Waals surface area contributed by atoms with Gasteiger partial charge in [0.1, 0.15) is 5.69 Å². The van der Waals surface area contributed by atoms with Crippen LogP contribution in [0.1, 0.15) is 27.3 Å². The maximum absolute atomic E-state index is 11.2. The molecule has 3 aromatic rings. The SMILES string of the molecule is O=Cc1nnn(Cc2ccccc2)c1Cc1ccccc1. The summed E-state index contributed by atoms with van der Waals surface area (Å²) in [4.78, 5) is 11.2. The Hall–Kier alpha value is -2.75.